The first kappa shape index (κ1) is 38.5. The molecule has 10 heteroatoms. The number of likely N-dealkylation sites (tertiary alicyclic amines) is 2. The normalized spacial score (nSPS) is 21.5. The molecule has 264 valence electrons. The van der Waals surface area contributed by atoms with E-state index in [0.717, 1.165) is 44.2 Å². The van der Waals surface area contributed by atoms with Crippen molar-refractivity contribution in [3.8, 4) is 0 Å². The van der Waals surface area contributed by atoms with Gasteiger partial charge < -0.3 is 25.2 Å². The lowest BCUT2D eigenvalue weighted by atomic mass is 9.76. The van der Waals surface area contributed by atoms with Crippen LogP contribution in [0.25, 0.3) is 0 Å². The molecule has 1 aromatic rings. The summed E-state index contributed by atoms with van der Waals surface area (Å²) in [4.78, 5) is 60.7. The van der Waals surface area contributed by atoms with Gasteiger partial charge in [0.15, 0.2) is 0 Å². The number of hydrogen-bond acceptors (Lipinski definition) is 7. The van der Waals surface area contributed by atoms with Crippen LogP contribution in [-0.2, 0) is 29.3 Å². The molecule has 5 atom stereocenters. The van der Waals surface area contributed by atoms with Crippen LogP contribution in [0.2, 0.25) is 0 Å². The second kappa shape index (κ2) is 16.4. The minimum atomic E-state index is -0.767. The summed E-state index contributed by atoms with van der Waals surface area (Å²) >= 11 is 0. The highest BCUT2D eigenvalue weighted by Crippen LogP contribution is 2.30. The van der Waals surface area contributed by atoms with Crippen molar-refractivity contribution >= 4 is 23.7 Å². The van der Waals surface area contributed by atoms with E-state index in [-0.39, 0.29) is 41.7 Å². The standard InChI is InChI=1S/C37H61N5O5/c1-25(2)29(24-41-22-16-14-20-27(41)33(44)42-23-17-15-21-28(42)35(46)47-10)40(9)34(45)31(36(3,4)5)39-32(43)30(38-8)37(6,7)26-18-12-11-13-19-26/h11-13,18-19,25,27-31,38H,14-17,20-24H2,1-10H3,(H,39,43)/t27?,28-,29+,30+,31+/m0/s1. The highest BCUT2D eigenvalue weighted by molar-refractivity contribution is 5.91. The van der Waals surface area contributed by atoms with E-state index in [2.05, 4.69) is 29.4 Å². The maximum absolute atomic E-state index is 14.4. The highest BCUT2D eigenvalue weighted by Gasteiger charge is 2.44. The van der Waals surface area contributed by atoms with Crippen molar-refractivity contribution in [1.29, 1.82) is 0 Å². The van der Waals surface area contributed by atoms with Gasteiger partial charge in [-0.05, 0) is 62.6 Å². The number of piperidine rings is 2. The van der Waals surface area contributed by atoms with Crippen LogP contribution < -0.4 is 10.6 Å². The summed E-state index contributed by atoms with van der Waals surface area (Å²) in [6, 6.07) is 7.50. The van der Waals surface area contributed by atoms with E-state index < -0.39 is 29.0 Å². The summed E-state index contributed by atoms with van der Waals surface area (Å²) in [6.45, 7) is 16.0. The molecule has 2 saturated heterocycles. The van der Waals surface area contributed by atoms with Crippen molar-refractivity contribution in [2.75, 3.05) is 40.8 Å². The smallest absolute Gasteiger partial charge is 0.328 e. The van der Waals surface area contributed by atoms with E-state index in [1.165, 1.54) is 7.11 Å². The zero-order valence-electron chi connectivity index (χ0n) is 30.6. The first-order valence-corrected chi connectivity index (χ1v) is 17.5. The van der Waals surface area contributed by atoms with Crippen molar-refractivity contribution in [3.63, 3.8) is 0 Å². The van der Waals surface area contributed by atoms with Gasteiger partial charge in [-0.25, -0.2) is 4.79 Å². The lowest BCUT2D eigenvalue weighted by Gasteiger charge is -2.45. The Labute approximate surface area is 283 Å². The Bertz CT molecular complexity index is 1210. The summed E-state index contributed by atoms with van der Waals surface area (Å²) in [7, 11) is 4.97. The first-order chi connectivity index (χ1) is 22.1. The van der Waals surface area contributed by atoms with Gasteiger partial charge in [-0.15, -0.1) is 0 Å². The highest BCUT2D eigenvalue weighted by atomic mass is 16.5. The van der Waals surface area contributed by atoms with Gasteiger partial charge in [0.1, 0.15) is 12.1 Å². The number of nitrogens with one attached hydrogen (secondary N) is 2. The number of ether oxygens (including phenoxy) is 1. The molecule has 2 aliphatic rings. The molecular formula is C37H61N5O5. The Kier molecular flexibility index (Phi) is 13.4. The van der Waals surface area contributed by atoms with Gasteiger partial charge in [-0.2, -0.15) is 0 Å². The number of methoxy groups -OCH3 is 1. The molecule has 2 fully saturated rings. The summed E-state index contributed by atoms with van der Waals surface area (Å²) in [5.74, 6) is -0.659. The molecule has 3 amide bonds. The van der Waals surface area contributed by atoms with Crippen LogP contribution in [-0.4, -0.2) is 109 Å². The van der Waals surface area contributed by atoms with Crippen molar-refractivity contribution in [2.45, 2.75) is 123 Å². The summed E-state index contributed by atoms with van der Waals surface area (Å²) in [5, 5.41) is 6.35. The Hall–Kier alpha value is -2.98. The van der Waals surface area contributed by atoms with Gasteiger partial charge in [0.2, 0.25) is 17.7 Å². The Morgan fingerprint density at radius 3 is 2.06 bits per heavy atom. The van der Waals surface area contributed by atoms with E-state index in [1.54, 1.807) is 16.8 Å². The van der Waals surface area contributed by atoms with Gasteiger partial charge in [0.25, 0.3) is 0 Å². The maximum Gasteiger partial charge on any atom is 0.328 e. The number of likely N-dealkylation sites (N-methyl/N-ethyl adjacent to an activating group) is 2. The minimum absolute atomic E-state index is 0.0183. The number of nitrogens with zero attached hydrogens (tertiary/aromatic N) is 3. The average molecular weight is 656 g/mol. The third-order valence-electron chi connectivity index (χ3n) is 10.4. The molecule has 10 nitrogen and oxygen atoms in total. The van der Waals surface area contributed by atoms with E-state index in [0.29, 0.717) is 19.5 Å². The number of carbonyl (C=O) groups excluding carboxylic acids is 4. The van der Waals surface area contributed by atoms with Crippen LogP contribution in [0.3, 0.4) is 0 Å². The van der Waals surface area contributed by atoms with Crippen molar-refractivity contribution in [1.82, 2.24) is 25.3 Å². The maximum atomic E-state index is 14.4. The molecule has 3 rings (SSSR count). The zero-order valence-corrected chi connectivity index (χ0v) is 30.6. The second-order valence-corrected chi connectivity index (χ2v) is 15.5. The Balaban J connectivity index is 1.83. The molecule has 47 heavy (non-hydrogen) atoms. The van der Waals surface area contributed by atoms with Crippen molar-refractivity contribution in [3.05, 3.63) is 35.9 Å². The van der Waals surface area contributed by atoms with Crippen molar-refractivity contribution in [2.24, 2.45) is 11.3 Å². The molecule has 0 aromatic heterocycles. The lowest BCUT2D eigenvalue weighted by molar-refractivity contribution is -0.157. The molecule has 2 aliphatic heterocycles. The molecule has 0 saturated carbocycles. The van der Waals surface area contributed by atoms with E-state index >= 15 is 0 Å². The molecule has 0 aliphatic carbocycles. The number of benzene rings is 1. The fraction of sp³-hybridized carbons (Fsp3) is 0.730. The molecule has 2 heterocycles. The predicted octanol–water partition coefficient (Wildman–Crippen LogP) is 3.97. The number of rotatable bonds is 12. The first-order valence-electron chi connectivity index (χ1n) is 17.5. The monoisotopic (exact) mass is 655 g/mol. The zero-order chi connectivity index (χ0) is 35.1. The molecule has 0 spiro atoms. The SMILES string of the molecule is CN[C@H](C(=O)N[C@H](C(=O)N(C)[C@H](CN1CCCCC1C(=O)N1CCCC[C@H]1C(=O)OC)C(C)C)C(C)(C)C)C(C)(C)c1ccccc1. The predicted molar refractivity (Wildman–Crippen MR) is 186 cm³/mol. The largest absolute Gasteiger partial charge is 0.467 e. The third-order valence-corrected chi connectivity index (χ3v) is 10.4. The van der Waals surface area contributed by atoms with Gasteiger partial charge in [0.05, 0.1) is 19.2 Å². The quantitative estimate of drug-likeness (QED) is 0.328. The van der Waals surface area contributed by atoms with Gasteiger partial charge in [-0.3, -0.25) is 19.3 Å². The summed E-state index contributed by atoms with van der Waals surface area (Å²) in [5.41, 5.74) is -0.0637. The second-order valence-electron chi connectivity index (χ2n) is 15.5. The van der Waals surface area contributed by atoms with Gasteiger partial charge in [0, 0.05) is 31.6 Å². The fourth-order valence-electron chi connectivity index (χ4n) is 7.37. The van der Waals surface area contributed by atoms with Crippen LogP contribution in [0.1, 0.15) is 92.6 Å². The van der Waals surface area contributed by atoms with Gasteiger partial charge >= 0.3 is 5.97 Å². The Morgan fingerprint density at radius 2 is 1.51 bits per heavy atom. The molecule has 0 radical (unpaired) electrons. The number of carbonyl (C=O) groups is 4. The van der Waals surface area contributed by atoms with Crippen LogP contribution in [0.4, 0.5) is 0 Å². The van der Waals surface area contributed by atoms with Crippen LogP contribution in [0, 0.1) is 11.3 Å². The Morgan fingerprint density at radius 1 is 0.915 bits per heavy atom. The summed E-state index contributed by atoms with van der Waals surface area (Å²) < 4.78 is 5.05. The third kappa shape index (κ3) is 9.13. The van der Waals surface area contributed by atoms with Crippen LogP contribution in [0.5, 0.6) is 0 Å². The van der Waals surface area contributed by atoms with Crippen molar-refractivity contribution < 1.29 is 23.9 Å². The fourth-order valence-corrected chi connectivity index (χ4v) is 7.37. The molecule has 1 aromatic carbocycles. The topological polar surface area (TPSA) is 111 Å². The number of esters is 1. The molecule has 2 N–H and O–H groups in total. The summed E-state index contributed by atoms with van der Waals surface area (Å²) in [6.07, 6.45) is 5.01. The molecule has 0 bridgehead atoms. The molecular weight excluding hydrogens is 594 g/mol. The number of amides is 3. The van der Waals surface area contributed by atoms with Crippen LogP contribution in [0.15, 0.2) is 30.3 Å². The van der Waals surface area contributed by atoms with Crippen LogP contribution >= 0.6 is 0 Å². The van der Waals surface area contributed by atoms with E-state index in [4.69, 9.17) is 4.74 Å². The number of hydrogen-bond donors (Lipinski definition) is 2. The van der Waals surface area contributed by atoms with E-state index in [1.807, 2.05) is 72.0 Å². The molecule has 1 unspecified atom stereocenters. The van der Waals surface area contributed by atoms with Gasteiger partial charge in [-0.1, -0.05) is 85.2 Å². The minimum Gasteiger partial charge on any atom is -0.467 e. The van der Waals surface area contributed by atoms with E-state index in [9.17, 15) is 19.2 Å². The average Bonchev–Trinajstić information content (AvgIpc) is 3.04. The lowest BCUT2D eigenvalue weighted by Crippen LogP contribution is -2.63.